The van der Waals surface area contributed by atoms with Gasteiger partial charge in [-0.25, -0.2) is 4.99 Å². The molecule has 2 heterocycles. The molecule has 0 bridgehead atoms. The van der Waals surface area contributed by atoms with Gasteiger partial charge in [0.15, 0.2) is 17.5 Å². The molecular weight excluding hydrogens is 316 g/mol. The van der Waals surface area contributed by atoms with Crippen molar-refractivity contribution in [2.45, 2.75) is 32.2 Å². The molecule has 0 fully saturated rings. The van der Waals surface area contributed by atoms with E-state index >= 15 is 0 Å². The third kappa shape index (κ3) is 4.62. The van der Waals surface area contributed by atoms with Crippen LogP contribution in [-0.2, 0) is 0 Å². The molecule has 3 N–H and O–H groups in total. The minimum atomic E-state index is -0.0564. The molecule has 0 radical (unpaired) electrons. The number of fused-ring (bicyclic) bond motifs is 1. The topological polar surface area (TPSA) is 81.8 Å². The zero-order chi connectivity index (χ0) is 17.5. The second-order valence-electron chi connectivity index (χ2n) is 5.91. The van der Waals surface area contributed by atoms with Crippen LogP contribution in [-0.4, -0.2) is 24.2 Å². The lowest BCUT2D eigenvalue weighted by molar-refractivity contribution is 0.297. The number of nitrogens with two attached hydrogens (primary N) is 1. The average Bonchev–Trinajstić information content (AvgIpc) is 2.87. The maximum absolute atomic E-state index is 6.12. The average molecular weight is 340 g/mol. The van der Waals surface area contributed by atoms with Gasteiger partial charge in [0.05, 0.1) is 24.9 Å². The number of rotatable bonds is 5. The number of anilines is 1. The molecule has 0 amide bonds. The maximum Gasteiger partial charge on any atom is 0.193 e. The summed E-state index contributed by atoms with van der Waals surface area (Å²) in [4.78, 5) is 9.01. The number of hydrogen-bond donors (Lipinski definition) is 2. The smallest absolute Gasteiger partial charge is 0.193 e. The third-order valence-electron chi connectivity index (χ3n) is 3.91. The van der Waals surface area contributed by atoms with Gasteiger partial charge in [0.2, 0.25) is 0 Å². The van der Waals surface area contributed by atoms with E-state index in [1.165, 1.54) is 0 Å². The molecule has 0 unspecified atom stereocenters. The molecule has 0 spiro atoms. The van der Waals surface area contributed by atoms with Crippen LogP contribution in [0.15, 0.2) is 47.6 Å². The molecule has 3 rings (SSSR count). The molecule has 25 heavy (non-hydrogen) atoms. The van der Waals surface area contributed by atoms with Crippen LogP contribution >= 0.6 is 0 Å². The van der Waals surface area contributed by atoms with E-state index < -0.39 is 0 Å². The van der Waals surface area contributed by atoms with Crippen molar-refractivity contribution in [3.05, 3.63) is 48.3 Å². The molecule has 6 heteroatoms. The lowest BCUT2D eigenvalue weighted by Gasteiger charge is -2.14. The van der Waals surface area contributed by atoms with Crippen molar-refractivity contribution in [3.8, 4) is 11.5 Å². The molecule has 0 saturated heterocycles. The van der Waals surface area contributed by atoms with Crippen LogP contribution in [0.2, 0.25) is 0 Å². The van der Waals surface area contributed by atoms with E-state index in [1.54, 1.807) is 6.20 Å². The van der Waals surface area contributed by atoms with Crippen molar-refractivity contribution in [3.63, 3.8) is 0 Å². The number of pyridine rings is 1. The summed E-state index contributed by atoms with van der Waals surface area (Å²) in [5.41, 5.74) is 7.87. The molecular formula is C19H24N4O2. The fourth-order valence-corrected chi connectivity index (χ4v) is 2.71. The molecule has 1 aromatic heterocycles. The highest BCUT2D eigenvalue weighted by atomic mass is 16.5. The highest BCUT2D eigenvalue weighted by Gasteiger charge is 2.13. The van der Waals surface area contributed by atoms with E-state index in [0.717, 1.165) is 42.1 Å². The van der Waals surface area contributed by atoms with E-state index in [-0.39, 0.29) is 6.04 Å². The first-order chi connectivity index (χ1) is 12.3. The van der Waals surface area contributed by atoms with Crippen molar-refractivity contribution in [1.82, 2.24) is 4.98 Å². The number of ether oxygens (including phenoxy) is 2. The van der Waals surface area contributed by atoms with Gasteiger partial charge >= 0.3 is 0 Å². The summed E-state index contributed by atoms with van der Waals surface area (Å²) in [5, 5.41) is 3.14. The summed E-state index contributed by atoms with van der Waals surface area (Å²) < 4.78 is 11.3. The zero-order valence-electron chi connectivity index (χ0n) is 14.4. The van der Waals surface area contributed by atoms with Crippen molar-refractivity contribution in [2.75, 3.05) is 18.5 Å². The Kier molecular flexibility index (Phi) is 5.72. The van der Waals surface area contributed by atoms with Gasteiger partial charge in [0, 0.05) is 24.4 Å². The summed E-state index contributed by atoms with van der Waals surface area (Å²) in [6, 6.07) is 11.5. The van der Waals surface area contributed by atoms with Crippen molar-refractivity contribution >= 4 is 11.6 Å². The Hall–Kier alpha value is -2.76. The second-order valence-corrected chi connectivity index (χ2v) is 5.91. The van der Waals surface area contributed by atoms with Crippen LogP contribution in [0.3, 0.4) is 0 Å². The summed E-state index contributed by atoms with van der Waals surface area (Å²) in [6.07, 6.45) is 4.55. The van der Waals surface area contributed by atoms with Gasteiger partial charge in [-0.1, -0.05) is 19.4 Å². The van der Waals surface area contributed by atoms with E-state index in [4.69, 9.17) is 15.2 Å². The Morgan fingerprint density at radius 3 is 2.84 bits per heavy atom. The van der Waals surface area contributed by atoms with Crippen LogP contribution in [0.4, 0.5) is 5.69 Å². The quantitative estimate of drug-likeness (QED) is 0.643. The zero-order valence-corrected chi connectivity index (χ0v) is 14.4. The molecule has 1 aromatic carbocycles. The highest BCUT2D eigenvalue weighted by Crippen LogP contribution is 2.32. The summed E-state index contributed by atoms with van der Waals surface area (Å²) >= 11 is 0. The van der Waals surface area contributed by atoms with Gasteiger partial charge < -0.3 is 20.5 Å². The Labute approximate surface area is 148 Å². The number of nitrogens with one attached hydrogen (secondary N) is 1. The van der Waals surface area contributed by atoms with Gasteiger partial charge in [-0.05, 0) is 30.7 Å². The second kappa shape index (κ2) is 8.37. The number of aromatic nitrogens is 1. The number of guanidine groups is 1. The Morgan fingerprint density at radius 1 is 1.24 bits per heavy atom. The molecule has 1 aliphatic rings. The first kappa shape index (κ1) is 17.1. The van der Waals surface area contributed by atoms with Crippen molar-refractivity contribution in [1.29, 1.82) is 0 Å². The molecule has 132 valence electrons. The molecule has 6 nitrogen and oxygen atoms in total. The summed E-state index contributed by atoms with van der Waals surface area (Å²) in [6.45, 7) is 3.45. The number of benzene rings is 1. The van der Waals surface area contributed by atoms with Crippen LogP contribution < -0.4 is 20.5 Å². The van der Waals surface area contributed by atoms with Crippen molar-refractivity contribution in [2.24, 2.45) is 10.7 Å². The van der Waals surface area contributed by atoms with Gasteiger partial charge in [0.1, 0.15) is 0 Å². The molecule has 0 saturated carbocycles. The SMILES string of the molecule is CCC[C@@H](N=C(N)Nc1ccc2c(c1)OCCCO2)c1ccccn1. The molecule has 1 atom stereocenters. The maximum atomic E-state index is 6.12. The highest BCUT2D eigenvalue weighted by molar-refractivity contribution is 5.92. The minimum Gasteiger partial charge on any atom is -0.490 e. The standard InChI is InChI=1S/C19H24N4O2/c1-2-6-16(15-7-3-4-10-21-15)23-19(20)22-14-8-9-17-18(13-14)25-12-5-11-24-17/h3-4,7-10,13,16H,2,5-6,11-12H2,1H3,(H3,20,22,23)/t16-/m1/s1. The predicted molar refractivity (Wildman–Crippen MR) is 99.2 cm³/mol. The number of hydrogen-bond acceptors (Lipinski definition) is 4. The van der Waals surface area contributed by atoms with Crippen molar-refractivity contribution < 1.29 is 9.47 Å². The summed E-state index contributed by atoms with van der Waals surface area (Å²) in [7, 11) is 0. The van der Waals surface area contributed by atoms with Gasteiger partial charge in [-0.3, -0.25) is 4.98 Å². The van der Waals surface area contributed by atoms with Gasteiger partial charge in [0.25, 0.3) is 0 Å². The van der Waals surface area contributed by atoms with E-state index in [2.05, 4.69) is 22.2 Å². The van der Waals surface area contributed by atoms with Gasteiger partial charge in [-0.2, -0.15) is 0 Å². The fourth-order valence-electron chi connectivity index (χ4n) is 2.71. The van der Waals surface area contributed by atoms with Crippen LogP contribution in [0.25, 0.3) is 0 Å². The van der Waals surface area contributed by atoms with E-state index in [0.29, 0.717) is 19.2 Å². The summed E-state index contributed by atoms with van der Waals surface area (Å²) in [5.74, 6) is 1.85. The van der Waals surface area contributed by atoms with Crippen LogP contribution in [0.5, 0.6) is 11.5 Å². The largest absolute Gasteiger partial charge is 0.490 e. The monoisotopic (exact) mass is 340 g/mol. The number of aliphatic imine (C=N–C) groups is 1. The Balaban J connectivity index is 1.74. The van der Waals surface area contributed by atoms with Crippen LogP contribution in [0.1, 0.15) is 37.9 Å². The number of nitrogens with zero attached hydrogens (tertiary/aromatic N) is 2. The first-order valence-electron chi connectivity index (χ1n) is 8.67. The minimum absolute atomic E-state index is 0.0564. The van der Waals surface area contributed by atoms with E-state index in [9.17, 15) is 0 Å². The molecule has 2 aromatic rings. The lowest BCUT2D eigenvalue weighted by atomic mass is 10.1. The lowest BCUT2D eigenvalue weighted by Crippen LogP contribution is -2.23. The molecule has 1 aliphatic heterocycles. The molecule has 0 aliphatic carbocycles. The van der Waals surface area contributed by atoms with Gasteiger partial charge in [-0.15, -0.1) is 0 Å². The Morgan fingerprint density at radius 2 is 2.08 bits per heavy atom. The predicted octanol–water partition coefficient (Wildman–Crippen LogP) is 3.51. The van der Waals surface area contributed by atoms with Crippen LogP contribution in [0, 0.1) is 0 Å². The Bertz CT molecular complexity index is 719. The normalized spacial score (nSPS) is 15.3. The third-order valence-corrected chi connectivity index (χ3v) is 3.91. The fraction of sp³-hybridized carbons (Fsp3) is 0.368. The first-order valence-corrected chi connectivity index (χ1v) is 8.67. The van der Waals surface area contributed by atoms with E-state index in [1.807, 2.05) is 36.4 Å².